The summed E-state index contributed by atoms with van der Waals surface area (Å²) in [6.07, 6.45) is 6.58. The second-order valence-electron chi connectivity index (χ2n) is 6.55. The van der Waals surface area contributed by atoms with Crippen molar-refractivity contribution in [2.45, 2.75) is 39.5 Å². The van der Waals surface area contributed by atoms with Crippen molar-refractivity contribution >= 4 is 22.5 Å². The Bertz CT molecular complexity index is 854. The third-order valence-electron chi connectivity index (χ3n) is 5.13. The Morgan fingerprint density at radius 2 is 2.04 bits per heavy atom. The first kappa shape index (κ1) is 14.3. The van der Waals surface area contributed by atoms with Crippen molar-refractivity contribution in [1.82, 2.24) is 9.88 Å². The van der Waals surface area contributed by atoms with E-state index in [9.17, 15) is 4.79 Å². The van der Waals surface area contributed by atoms with Crippen LogP contribution < -0.4 is 0 Å². The van der Waals surface area contributed by atoms with Crippen molar-refractivity contribution in [2.24, 2.45) is 0 Å². The molecule has 0 atom stereocenters. The lowest BCUT2D eigenvalue weighted by Crippen LogP contribution is -2.34. The predicted octanol–water partition coefficient (Wildman–Crippen LogP) is 4.41. The van der Waals surface area contributed by atoms with E-state index in [0.29, 0.717) is 0 Å². The largest absolute Gasteiger partial charge is 0.353 e. The van der Waals surface area contributed by atoms with E-state index in [1.54, 1.807) is 6.92 Å². The zero-order valence-electron chi connectivity index (χ0n) is 13.8. The molecule has 0 unspecified atom stereocenters. The van der Waals surface area contributed by atoms with Crippen LogP contribution in [0.4, 0.5) is 0 Å². The molecule has 118 valence electrons. The molecule has 3 heteroatoms. The van der Waals surface area contributed by atoms with Gasteiger partial charge >= 0.3 is 0 Å². The Labute approximate surface area is 136 Å². The molecule has 2 aromatic rings. The molecule has 0 saturated heterocycles. The summed E-state index contributed by atoms with van der Waals surface area (Å²) in [5, 5.41) is 1.29. The molecule has 1 amide bonds. The highest BCUT2D eigenvalue weighted by Crippen LogP contribution is 2.39. The number of carbonyl (C=O) groups excluding carboxylic acids is 1. The number of amides is 1. The second-order valence-corrected chi connectivity index (χ2v) is 6.55. The van der Waals surface area contributed by atoms with Crippen LogP contribution in [0.2, 0.25) is 0 Å². The summed E-state index contributed by atoms with van der Waals surface area (Å²) in [4.78, 5) is 17.8. The van der Waals surface area contributed by atoms with Gasteiger partial charge in [-0.05, 0) is 55.4 Å². The van der Waals surface area contributed by atoms with Gasteiger partial charge in [-0.1, -0.05) is 24.3 Å². The van der Waals surface area contributed by atoms with Crippen molar-refractivity contribution < 1.29 is 4.79 Å². The lowest BCUT2D eigenvalue weighted by molar-refractivity contribution is -0.125. The number of fused-ring (bicyclic) bond motifs is 3. The van der Waals surface area contributed by atoms with Gasteiger partial charge in [-0.2, -0.15) is 0 Å². The second kappa shape index (κ2) is 5.41. The maximum atomic E-state index is 12.2. The molecule has 1 aromatic carbocycles. The topological polar surface area (TPSA) is 36.1 Å². The third-order valence-corrected chi connectivity index (χ3v) is 5.13. The lowest BCUT2D eigenvalue weighted by Gasteiger charge is -2.32. The lowest BCUT2D eigenvalue weighted by atomic mass is 9.88. The molecule has 3 nitrogen and oxygen atoms in total. The van der Waals surface area contributed by atoms with Crippen LogP contribution >= 0.6 is 0 Å². The SMILES string of the molecule is CC(=O)N1CCc2c([nH]c3ccccc23)/C1=C1\CCCC=C1C. The molecule has 0 spiro atoms. The molecule has 1 aliphatic heterocycles. The molecular formula is C20H22N2O. The Morgan fingerprint density at radius 3 is 2.83 bits per heavy atom. The highest BCUT2D eigenvalue weighted by Gasteiger charge is 2.30. The number of para-hydroxylation sites is 1. The van der Waals surface area contributed by atoms with E-state index in [2.05, 4.69) is 42.2 Å². The minimum Gasteiger partial charge on any atom is -0.353 e. The van der Waals surface area contributed by atoms with Gasteiger partial charge in [0.05, 0.1) is 11.4 Å². The average molecular weight is 306 g/mol. The van der Waals surface area contributed by atoms with Crippen molar-refractivity contribution in [2.75, 3.05) is 6.54 Å². The molecule has 2 aliphatic rings. The first-order valence-corrected chi connectivity index (χ1v) is 8.45. The summed E-state index contributed by atoms with van der Waals surface area (Å²) >= 11 is 0. The van der Waals surface area contributed by atoms with Crippen LogP contribution in [0, 0.1) is 0 Å². The van der Waals surface area contributed by atoms with Gasteiger partial charge in [-0.15, -0.1) is 0 Å². The zero-order chi connectivity index (χ0) is 16.0. The van der Waals surface area contributed by atoms with E-state index in [1.165, 1.54) is 27.6 Å². The van der Waals surface area contributed by atoms with Crippen LogP contribution in [0.15, 0.2) is 41.5 Å². The molecule has 0 saturated carbocycles. The number of hydrogen-bond acceptors (Lipinski definition) is 1. The highest BCUT2D eigenvalue weighted by atomic mass is 16.2. The van der Waals surface area contributed by atoms with Crippen LogP contribution in [0.3, 0.4) is 0 Å². The van der Waals surface area contributed by atoms with Gasteiger partial charge < -0.3 is 9.88 Å². The number of aromatic nitrogens is 1. The number of H-pyrrole nitrogens is 1. The summed E-state index contributed by atoms with van der Waals surface area (Å²) in [6.45, 7) is 4.63. The van der Waals surface area contributed by atoms with E-state index in [-0.39, 0.29) is 5.91 Å². The summed E-state index contributed by atoms with van der Waals surface area (Å²) in [5.41, 5.74) is 7.45. The van der Waals surface area contributed by atoms with Gasteiger partial charge in [-0.25, -0.2) is 0 Å². The predicted molar refractivity (Wildman–Crippen MR) is 93.9 cm³/mol. The summed E-state index contributed by atoms with van der Waals surface area (Å²) < 4.78 is 0. The molecule has 23 heavy (non-hydrogen) atoms. The number of benzene rings is 1. The highest BCUT2D eigenvalue weighted by molar-refractivity contribution is 5.95. The molecule has 0 bridgehead atoms. The molecular weight excluding hydrogens is 284 g/mol. The number of hydrogen-bond donors (Lipinski definition) is 1. The monoisotopic (exact) mass is 306 g/mol. The standard InChI is InChI=1S/C20H22N2O/c1-13-7-3-4-8-15(13)20-19-17(11-12-22(20)14(2)23)16-9-5-6-10-18(16)21-19/h5-7,9-10,21H,3-4,8,11-12H2,1-2H3/b20-15-. The Balaban J connectivity index is 2.01. The van der Waals surface area contributed by atoms with E-state index in [4.69, 9.17) is 0 Å². The summed E-state index contributed by atoms with van der Waals surface area (Å²) in [7, 11) is 0. The minimum atomic E-state index is 0.134. The first-order valence-electron chi connectivity index (χ1n) is 8.45. The molecule has 1 aliphatic carbocycles. The fraction of sp³-hybridized carbons (Fsp3) is 0.350. The average Bonchev–Trinajstić information content (AvgIpc) is 2.93. The maximum absolute atomic E-state index is 12.2. The van der Waals surface area contributed by atoms with Crippen LogP contribution in [-0.2, 0) is 11.2 Å². The van der Waals surface area contributed by atoms with E-state index in [0.717, 1.165) is 43.6 Å². The maximum Gasteiger partial charge on any atom is 0.223 e. The van der Waals surface area contributed by atoms with Gasteiger partial charge in [-0.3, -0.25) is 4.79 Å². The Kier molecular flexibility index (Phi) is 3.37. The van der Waals surface area contributed by atoms with Crippen molar-refractivity contribution in [3.63, 3.8) is 0 Å². The molecule has 4 rings (SSSR count). The van der Waals surface area contributed by atoms with Gasteiger partial charge in [0.2, 0.25) is 5.91 Å². The van der Waals surface area contributed by atoms with E-state index < -0.39 is 0 Å². The smallest absolute Gasteiger partial charge is 0.223 e. The van der Waals surface area contributed by atoms with Gasteiger partial charge in [0.1, 0.15) is 0 Å². The van der Waals surface area contributed by atoms with Crippen molar-refractivity contribution in [3.05, 3.63) is 52.7 Å². The van der Waals surface area contributed by atoms with Gasteiger partial charge in [0.25, 0.3) is 0 Å². The molecule has 1 N–H and O–H groups in total. The number of aromatic amines is 1. The summed E-state index contributed by atoms with van der Waals surface area (Å²) in [6, 6.07) is 8.45. The van der Waals surface area contributed by atoms with Gasteiger partial charge in [0.15, 0.2) is 0 Å². The fourth-order valence-corrected chi connectivity index (χ4v) is 3.98. The number of nitrogens with one attached hydrogen (secondary N) is 1. The normalized spacial score (nSPS) is 21.3. The van der Waals surface area contributed by atoms with Crippen LogP contribution in [0.1, 0.15) is 44.4 Å². The third kappa shape index (κ3) is 2.23. The van der Waals surface area contributed by atoms with Crippen molar-refractivity contribution in [3.8, 4) is 0 Å². The van der Waals surface area contributed by atoms with Gasteiger partial charge in [0, 0.05) is 24.4 Å². The number of nitrogens with zero attached hydrogens (tertiary/aromatic N) is 1. The molecule has 1 aromatic heterocycles. The molecule has 0 radical (unpaired) electrons. The van der Waals surface area contributed by atoms with E-state index in [1.807, 2.05) is 4.90 Å². The van der Waals surface area contributed by atoms with Crippen LogP contribution in [0.5, 0.6) is 0 Å². The van der Waals surface area contributed by atoms with E-state index >= 15 is 0 Å². The first-order chi connectivity index (χ1) is 11.2. The minimum absolute atomic E-state index is 0.134. The fourth-order valence-electron chi connectivity index (χ4n) is 3.98. The molecule has 0 fully saturated rings. The Hall–Kier alpha value is -2.29. The number of rotatable bonds is 0. The molecule has 2 heterocycles. The number of carbonyl (C=O) groups is 1. The Morgan fingerprint density at radius 1 is 1.22 bits per heavy atom. The van der Waals surface area contributed by atoms with Crippen molar-refractivity contribution in [1.29, 1.82) is 0 Å². The quantitative estimate of drug-likeness (QED) is 0.768. The summed E-state index contributed by atoms with van der Waals surface area (Å²) in [5.74, 6) is 0.134. The van der Waals surface area contributed by atoms with Crippen LogP contribution in [0.25, 0.3) is 16.6 Å². The van der Waals surface area contributed by atoms with Crippen LogP contribution in [-0.4, -0.2) is 22.3 Å². The zero-order valence-corrected chi connectivity index (χ0v) is 13.8. The number of allylic oxidation sites excluding steroid dienone is 3.